The molecule has 0 saturated carbocycles. The van der Waals surface area contributed by atoms with Crippen molar-refractivity contribution < 1.29 is 34.1 Å². The van der Waals surface area contributed by atoms with E-state index in [4.69, 9.17) is 24.0 Å². The largest absolute Gasteiger partial charge is 0.498 e. The third kappa shape index (κ3) is 7.25. The molecule has 0 aliphatic carbocycles. The number of benzene rings is 4. The first-order valence-corrected chi connectivity index (χ1v) is 17.7. The van der Waals surface area contributed by atoms with Crippen LogP contribution in [-0.4, -0.2) is 15.0 Å². The number of aryl methyl sites for hydroxylation is 4. The van der Waals surface area contributed by atoms with Gasteiger partial charge in [-0.2, -0.15) is 0 Å². The number of hydrogen-bond acceptors (Lipinski definition) is 5. The third-order valence-corrected chi connectivity index (χ3v) is 10.3. The minimum atomic E-state index is -2.18. The van der Waals surface area contributed by atoms with Crippen molar-refractivity contribution in [3.63, 3.8) is 0 Å². The molecule has 4 aromatic heterocycles. The van der Waals surface area contributed by atoms with Crippen LogP contribution < -0.4 is 0 Å². The smallest absolute Gasteiger partial charge is 0.148 e. The number of rotatable bonds is 4. The Hall–Kier alpha value is -4.48. The van der Waals surface area contributed by atoms with E-state index >= 15 is 0 Å². The molecule has 0 unspecified atom stereocenters. The summed E-state index contributed by atoms with van der Waals surface area (Å²) in [6.07, 6.45) is 3.15. The maximum Gasteiger partial charge on any atom is 0.148 e. The predicted molar refractivity (Wildman–Crippen MR) is 215 cm³/mol. The van der Waals surface area contributed by atoms with E-state index in [2.05, 4.69) is 94.2 Å². The zero-order valence-electron chi connectivity index (χ0n) is 37.2. The van der Waals surface area contributed by atoms with Crippen molar-refractivity contribution in [1.82, 2.24) is 15.0 Å². The topological polar surface area (TPSA) is 51.8 Å². The molecule has 0 fully saturated rings. The van der Waals surface area contributed by atoms with E-state index in [0.29, 0.717) is 11.3 Å². The Morgan fingerprint density at radius 2 is 1.56 bits per heavy atom. The predicted octanol–water partition coefficient (Wildman–Crippen LogP) is 12.9. The van der Waals surface area contributed by atoms with Gasteiger partial charge in [-0.1, -0.05) is 94.9 Å². The minimum Gasteiger partial charge on any atom is -0.498 e. The first-order chi connectivity index (χ1) is 27.1. The van der Waals surface area contributed by atoms with E-state index in [1.807, 2.05) is 26.1 Å². The van der Waals surface area contributed by atoms with Crippen LogP contribution in [0.3, 0.4) is 0 Å². The van der Waals surface area contributed by atoms with Crippen LogP contribution in [-0.2, 0) is 25.5 Å². The average molecular weight is 885 g/mol. The number of nitrogens with zero attached hydrogens (tertiary/aromatic N) is 3. The van der Waals surface area contributed by atoms with E-state index in [-0.39, 0.29) is 36.6 Å². The van der Waals surface area contributed by atoms with Crippen LogP contribution in [0.2, 0.25) is 0 Å². The van der Waals surface area contributed by atoms with Gasteiger partial charge in [-0.3, -0.25) is 0 Å². The van der Waals surface area contributed by atoms with Gasteiger partial charge < -0.3 is 14.4 Å². The van der Waals surface area contributed by atoms with Crippen molar-refractivity contribution in [2.45, 2.75) is 73.5 Å². The van der Waals surface area contributed by atoms with Crippen LogP contribution in [0.5, 0.6) is 0 Å². The van der Waals surface area contributed by atoms with Crippen molar-refractivity contribution in [2.75, 3.05) is 0 Å². The monoisotopic (exact) mass is 885 g/mol. The number of aromatic nitrogens is 3. The molecular weight excluding hydrogens is 835 g/mol. The fraction of sp³-hybridized carbons (Fsp3) is 0.239. The molecule has 0 spiro atoms. The Kier molecular flexibility index (Phi) is 8.30. The van der Waals surface area contributed by atoms with Crippen molar-refractivity contribution in [3.8, 4) is 33.6 Å². The second kappa shape index (κ2) is 14.9. The average Bonchev–Trinajstić information content (AvgIpc) is 3.77. The third-order valence-electron chi connectivity index (χ3n) is 8.90. The van der Waals surface area contributed by atoms with Crippen LogP contribution in [0.1, 0.15) is 82.9 Å². The maximum atomic E-state index is 8.83. The molecule has 4 heterocycles. The molecule has 0 amide bonds. The summed E-state index contributed by atoms with van der Waals surface area (Å²) in [6, 6.07) is 30.6. The van der Waals surface area contributed by atoms with E-state index in [0.717, 1.165) is 65.1 Å². The number of hydrogen-bond donors (Lipinski definition) is 0. The molecule has 0 bridgehead atoms. The number of furan rings is 1. The first-order valence-electron chi connectivity index (χ1n) is 20.3. The van der Waals surface area contributed by atoms with Gasteiger partial charge in [0.2, 0.25) is 0 Å². The fourth-order valence-electron chi connectivity index (χ4n) is 6.27. The van der Waals surface area contributed by atoms with Gasteiger partial charge in [0.15, 0.2) is 0 Å². The first kappa shape index (κ1) is 29.0. The standard InChI is InChI=1S/C33H31N2OS.C13H12N.Ir/c1-18(2)25-17-34-26(16-24(25)28-19(3)10-8-11-20(28)4)23-13-9-12-21-22-14-15-27-29(31(22)36-30(21)23)35-32(37-27)33(5,6)7;1-10-3-6-12(7-4-10)13-8-5-11(2)9-14-13;/h8-12,14-18H,1-7H3;3-6,8-9H,1-2H3;/q2*-1;/i18D;1D3,2D3;. The Morgan fingerprint density at radius 3 is 2.21 bits per heavy atom. The van der Waals surface area contributed by atoms with Crippen LogP contribution in [0, 0.1) is 39.7 Å². The summed E-state index contributed by atoms with van der Waals surface area (Å²) in [4.78, 5) is 13.9. The summed E-state index contributed by atoms with van der Waals surface area (Å²) in [5.41, 5.74) is 11.1. The molecule has 0 atom stereocenters. The Labute approximate surface area is 334 Å². The van der Waals surface area contributed by atoms with E-state index in [1.54, 1.807) is 23.5 Å². The second-order valence-electron chi connectivity index (χ2n) is 14.1. The van der Waals surface area contributed by atoms with Gasteiger partial charge >= 0.3 is 0 Å². The van der Waals surface area contributed by atoms with Crippen molar-refractivity contribution >= 4 is 43.5 Å². The second-order valence-corrected chi connectivity index (χ2v) is 15.1. The maximum absolute atomic E-state index is 8.83. The molecule has 1 radical (unpaired) electrons. The summed E-state index contributed by atoms with van der Waals surface area (Å²) >= 11 is 1.73. The number of pyridine rings is 2. The molecule has 0 aliphatic rings. The minimum absolute atomic E-state index is 0. The van der Waals surface area contributed by atoms with Gasteiger partial charge in [0.05, 0.1) is 15.3 Å². The molecule has 6 heteroatoms. The molecular formula is C46H43IrN3OS-2. The fourth-order valence-corrected chi connectivity index (χ4v) is 7.30. The zero-order chi connectivity index (χ0) is 41.9. The molecule has 4 nitrogen and oxygen atoms in total. The van der Waals surface area contributed by atoms with Gasteiger partial charge in [-0.05, 0) is 77.4 Å². The van der Waals surface area contributed by atoms with Gasteiger partial charge in [-0.15, -0.1) is 64.9 Å². The Morgan fingerprint density at radius 1 is 0.827 bits per heavy atom. The molecule has 8 aromatic rings. The molecule has 0 saturated heterocycles. The normalized spacial score (nSPS) is 14.2. The van der Waals surface area contributed by atoms with Gasteiger partial charge in [-0.25, -0.2) is 4.98 Å². The van der Waals surface area contributed by atoms with Crippen LogP contribution in [0.4, 0.5) is 0 Å². The zero-order valence-corrected chi connectivity index (χ0v) is 33.4. The van der Waals surface area contributed by atoms with Gasteiger partial charge in [0.25, 0.3) is 0 Å². The van der Waals surface area contributed by atoms with Crippen LogP contribution >= 0.6 is 11.3 Å². The van der Waals surface area contributed by atoms with Crippen molar-refractivity contribution in [3.05, 3.63) is 136 Å². The number of thiazole rings is 1. The van der Waals surface area contributed by atoms with Crippen molar-refractivity contribution in [1.29, 1.82) is 0 Å². The van der Waals surface area contributed by atoms with Crippen LogP contribution in [0.15, 0.2) is 95.7 Å². The van der Waals surface area contributed by atoms with E-state index < -0.39 is 19.6 Å². The summed E-state index contributed by atoms with van der Waals surface area (Å²) in [7, 11) is 0. The number of fused-ring (bicyclic) bond motifs is 5. The summed E-state index contributed by atoms with van der Waals surface area (Å²) in [6.45, 7) is 10.3. The van der Waals surface area contributed by atoms with Crippen LogP contribution in [0.25, 0.3) is 65.8 Å². The molecule has 0 aliphatic heterocycles. The van der Waals surface area contributed by atoms with E-state index in [9.17, 15) is 0 Å². The van der Waals surface area contributed by atoms with E-state index in [1.165, 1.54) is 35.5 Å². The summed E-state index contributed by atoms with van der Waals surface area (Å²) in [5.74, 6) is -0.800. The molecule has 8 rings (SSSR count). The molecule has 52 heavy (non-hydrogen) atoms. The molecule has 0 N–H and O–H groups in total. The summed E-state index contributed by atoms with van der Waals surface area (Å²) < 4.78 is 60.2. The SMILES string of the molecule is [2H]C(C)(C)c1cnc(-c2[c-]ccc3c2oc2c3ccc3sc(C(C)(C)C)nc32)cc1-c1c(C)cccc1C.[2H]C([2H])([2H])c1c[c-]c(-c2ccc(C([2H])([2H])[2H])cn2)cc1.[Ir]. The molecule has 4 aromatic carbocycles. The quantitative estimate of drug-likeness (QED) is 0.165. The Balaban J connectivity index is 0.000000236. The van der Waals surface area contributed by atoms with Gasteiger partial charge in [0, 0.05) is 52.9 Å². The molecule has 265 valence electrons. The van der Waals surface area contributed by atoms with Crippen molar-refractivity contribution in [2.24, 2.45) is 0 Å². The Bertz CT molecular complexity index is 2720. The van der Waals surface area contributed by atoms with Gasteiger partial charge in [0.1, 0.15) is 11.1 Å². The summed E-state index contributed by atoms with van der Waals surface area (Å²) in [5, 5.41) is 3.18.